The van der Waals surface area contributed by atoms with Gasteiger partial charge in [-0.3, -0.25) is 9.59 Å². The summed E-state index contributed by atoms with van der Waals surface area (Å²) in [6, 6.07) is 0. The minimum absolute atomic E-state index is 0.0243. The van der Waals surface area contributed by atoms with Crippen LogP contribution in [0, 0.1) is 0 Å². The standard InChI is InChI=1S/C8H13NO2/c1-4-8(11)5-6(2)9-7(3)10/h5H,4H2,1-3H3,(H,9,10)/b6-5+. The smallest absolute Gasteiger partial charge is 0.220 e. The van der Waals surface area contributed by atoms with Crippen molar-refractivity contribution in [1.29, 1.82) is 0 Å². The third-order valence-electron chi connectivity index (χ3n) is 1.10. The van der Waals surface area contributed by atoms with Crippen LogP contribution < -0.4 is 5.32 Å². The van der Waals surface area contributed by atoms with Crippen molar-refractivity contribution in [2.45, 2.75) is 27.2 Å². The van der Waals surface area contributed by atoms with E-state index in [0.29, 0.717) is 12.1 Å². The quantitative estimate of drug-likeness (QED) is 0.618. The van der Waals surface area contributed by atoms with E-state index >= 15 is 0 Å². The molecule has 0 aliphatic heterocycles. The average molecular weight is 155 g/mol. The Labute approximate surface area is 66.5 Å². The fourth-order valence-electron chi connectivity index (χ4n) is 0.657. The molecule has 0 saturated carbocycles. The van der Waals surface area contributed by atoms with Crippen LogP contribution in [0.1, 0.15) is 27.2 Å². The monoisotopic (exact) mass is 155 g/mol. The van der Waals surface area contributed by atoms with Crippen LogP contribution in [0.5, 0.6) is 0 Å². The lowest BCUT2D eigenvalue weighted by Crippen LogP contribution is -2.17. The summed E-state index contributed by atoms with van der Waals surface area (Å²) in [7, 11) is 0. The fraction of sp³-hybridized carbons (Fsp3) is 0.500. The predicted octanol–water partition coefficient (Wildman–Crippen LogP) is 1.01. The number of carbonyl (C=O) groups is 2. The van der Waals surface area contributed by atoms with Crippen LogP contribution in [-0.2, 0) is 9.59 Å². The molecule has 3 nitrogen and oxygen atoms in total. The molecule has 0 aromatic rings. The molecule has 0 spiro atoms. The van der Waals surface area contributed by atoms with Crippen LogP contribution >= 0.6 is 0 Å². The Morgan fingerprint density at radius 1 is 1.36 bits per heavy atom. The van der Waals surface area contributed by atoms with Crippen LogP contribution in [0.15, 0.2) is 11.8 Å². The lowest BCUT2D eigenvalue weighted by Gasteiger charge is -1.99. The number of allylic oxidation sites excluding steroid dienone is 2. The molecular weight excluding hydrogens is 142 g/mol. The number of rotatable bonds is 3. The molecule has 0 bridgehead atoms. The number of carbonyl (C=O) groups excluding carboxylic acids is 2. The van der Waals surface area contributed by atoms with Gasteiger partial charge in [0.05, 0.1) is 0 Å². The second-order valence-corrected chi connectivity index (χ2v) is 2.33. The molecule has 0 unspecified atom stereocenters. The Kier molecular flexibility index (Phi) is 4.18. The lowest BCUT2D eigenvalue weighted by atomic mass is 10.2. The molecule has 0 aromatic heterocycles. The molecule has 0 fully saturated rings. The zero-order valence-corrected chi connectivity index (χ0v) is 7.10. The average Bonchev–Trinajstić information content (AvgIpc) is 1.85. The summed E-state index contributed by atoms with van der Waals surface area (Å²) >= 11 is 0. The molecule has 0 radical (unpaired) electrons. The molecule has 0 aliphatic carbocycles. The van der Waals surface area contributed by atoms with Crippen molar-refractivity contribution in [3.05, 3.63) is 11.8 Å². The van der Waals surface area contributed by atoms with Crippen molar-refractivity contribution in [1.82, 2.24) is 5.32 Å². The fourth-order valence-corrected chi connectivity index (χ4v) is 0.657. The molecule has 3 heteroatoms. The van der Waals surface area contributed by atoms with Gasteiger partial charge < -0.3 is 5.32 Å². The number of hydrogen-bond donors (Lipinski definition) is 1. The molecule has 62 valence electrons. The Morgan fingerprint density at radius 2 is 1.91 bits per heavy atom. The highest BCUT2D eigenvalue weighted by molar-refractivity contribution is 5.90. The third kappa shape index (κ3) is 5.33. The predicted molar refractivity (Wildman–Crippen MR) is 42.9 cm³/mol. The Morgan fingerprint density at radius 3 is 2.27 bits per heavy atom. The van der Waals surface area contributed by atoms with Crippen molar-refractivity contribution in [3.63, 3.8) is 0 Å². The SMILES string of the molecule is CCC(=O)/C=C(\C)NC(C)=O. The summed E-state index contributed by atoms with van der Waals surface area (Å²) in [4.78, 5) is 21.2. The first-order valence-corrected chi connectivity index (χ1v) is 3.55. The molecule has 0 aromatic carbocycles. The van der Waals surface area contributed by atoms with Crippen LogP contribution in [0.4, 0.5) is 0 Å². The molecule has 1 N–H and O–H groups in total. The van der Waals surface area contributed by atoms with Crippen molar-refractivity contribution in [3.8, 4) is 0 Å². The Hall–Kier alpha value is -1.12. The summed E-state index contributed by atoms with van der Waals surface area (Å²) in [6.45, 7) is 4.88. The minimum atomic E-state index is -0.150. The van der Waals surface area contributed by atoms with Gasteiger partial charge in [-0.25, -0.2) is 0 Å². The zero-order chi connectivity index (χ0) is 8.85. The topological polar surface area (TPSA) is 46.2 Å². The maximum Gasteiger partial charge on any atom is 0.220 e. The van der Waals surface area contributed by atoms with Gasteiger partial charge in [-0.15, -0.1) is 0 Å². The summed E-state index contributed by atoms with van der Waals surface area (Å²) in [5.74, 6) is -0.126. The first-order chi connectivity index (χ1) is 5.06. The summed E-state index contributed by atoms with van der Waals surface area (Å²) in [5.41, 5.74) is 0.601. The highest BCUT2D eigenvalue weighted by atomic mass is 16.1. The van der Waals surface area contributed by atoms with Crippen LogP contribution in [0.2, 0.25) is 0 Å². The molecule has 0 atom stereocenters. The van der Waals surface area contributed by atoms with E-state index in [0.717, 1.165) is 0 Å². The second-order valence-electron chi connectivity index (χ2n) is 2.33. The van der Waals surface area contributed by atoms with E-state index in [9.17, 15) is 9.59 Å². The van der Waals surface area contributed by atoms with Gasteiger partial charge in [-0.05, 0) is 6.92 Å². The number of nitrogens with one attached hydrogen (secondary N) is 1. The van der Waals surface area contributed by atoms with E-state index in [-0.39, 0.29) is 11.7 Å². The molecule has 0 saturated heterocycles. The molecule has 1 amide bonds. The Balaban J connectivity index is 4.00. The maximum absolute atomic E-state index is 10.8. The molecule has 0 aliphatic rings. The van der Waals surface area contributed by atoms with Gasteiger partial charge in [0.25, 0.3) is 0 Å². The lowest BCUT2D eigenvalue weighted by molar-refractivity contribution is -0.118. The first kappa shape index (κ1) is 9.88. The van der Waals surface area contributed by atoms with Gasteiger partial charge in [-0.1, -0.05) is 6.92 Å². The van der Waals surface area contributed by atoms with E-state index in [1.54, 1.807) is 13.8 Å². The molecule has 11 heavy (non-hydrogen) atoms. The van der Waals surface area contributed by atoms with Crippen molar-refractivity contribution < 1.29 is 9.59 Å². The summed E-state index contributed by atoms with van der Waals surface area (Å²) in [5, 5.41) is 2.51. The maximum atomic E-state index is 10.8. The minimum Gasteiger partial charge on any atom is -0.330 e. The van der Waals surface area contributed by atoms with Crippen molar-refractivity contribution in [2.24, 2.45) is 0 Å². The van der Waals surface area contributed by atoms with E-state index in [4.69, 9.17) is 0 Å². The van der Waals surface area contributed by atoms with Crippen LogP contribution in [0.3, 0.4) is 0 Å². The number of ketones is 1. The van der Waals surface area contributed by atoms with Gasteiger partial charge >= 0.3 is 0 Å². The van der Waals surface area contributed by atoms with E-state index < -0.39 is 0 Å². The molecule has 0 heterocycles. The molecular formula is C8H13NO2. The highest BCUT2D eigenvalue weighted by Crippen LogP contribution is 1.90. The van der Waals surface area contributed by atoms with Gasteiger partial charge in [0.2, 0.25) is 5.91 Å². The second kappa shape index (κ2) is 4.66. The van der Waals surface area contributed by atoms with Gasteiger partial charge in [-0.2, -0.15) is 0 Å². The first-order valence-electron chi connectivity index (χ1n) is 3.55. The largest absolute Gasteiger partial charge is 0.330 e. The Bertz CT molecular complexity index is 194. The highest BCUT2D eigenvalue weighted by Gasteiger charge is 1.95. The summed E-state index contributed by atoms with van der Waals surface area (Å²) in [6.07, 6.45) is 1.90. The zero-order valence-electron chi connectivity index (χ0n) is 7.10. The van der Waals surface area contributed by atoms with Crippen LogP contribution in [-0.4, -0.2) is 11.7 Å². The van der Waals surface area contributed by atoms with Gasteiger partial charge in [0, 0.05) is 25.1 Å². The van der Waals surface area contributed by atoms with E-state index in [1.165, 1.54) is 13.0 Å². The molecule has 0 rings (SSSR count). The van der Waals surface area contributed by atoms with Crippen LogP contribution in [0.25, 0.3) is 0 Å². The normalized spacial score (nSPS) is 11.0. The van der Waals surface area contributed by atoms with Crippen molar-refractivity contribution >= 4 is 11.7 Å². The van der Waals surface area contributed by atoms with E-state index in [2.05, 4.69) is 5.32 Å². The van der Waals surface area contributed by atoms with Crippen molar-refractivity contribution in [2.75, 3.05) is 0 Å². The number of amides is 1. The van der Waals surface area contributed by atoms with E-state index in [1.807, 2.05) is 0 Å². The third-order valence-corrected chi connectivity index (χ3v) is 1.10. The van der Waals surface area contributed by atoms with Gasteiger partial charge in [0.15, 0.2) is 5.78 Å². The summed E-state index contributed by atoms with van der Waals surface area (Å²) < 4.78 is 0. The number of hydrogen-bond acceptors (Lipinski definition) is 2. The van der Waals surface area contributed by atoms with Gasteiger partial charge in [0.1, 0.15) is 0 Å².